The molecule has 0 radical (unpaired) electrons. The van der Waals surface area contributed by atoms with Crippen molar-refractivity contribution in [2.24, 2.45) is 0 Å². The van der Waals surface area contributed by atoms with Gasteiger partial charge in [0.2, 0.25) is 0 Å². The summed E-state index contributed by atoms with van der Waals surface area (Å²) in [6, 6.07) is 2.55. The molecule has 108 valence electrons. The van der Waals surface area contributed by atoms with Crippen molar-refractivity contribution in [3.05, 3.63) is 17.5 Å². The first kappa shape index (κ1) is 14.5. The van der Waals surface area contributed by atoms with Gasteiger partial charge in [-0.2, -0.15) is 5.10 Å². The molecule has 0 aromatic carbocycles. The third kappa shape index (κ3) is 3.18. The first-order valence-corrected chi connectivity index (χ1v) is 7.49. The number of nitrogens with zero attached hydrogens (tertiary/aromatic N) is 2. The van der Waals surface area contributed by atoms with Gasteiger partial charge in [0.15, 0.2) is 0 Å². The highest BCUT2D eigenvalue weighted by atomic mass is 16.3. The molecule has 0 amide bonds. The molecule has 1 fully saturated rings. The summed E-state index contributed by atoms with van der Waals surface area (Å²) >= 11 is 0. The lowest BCUT2D eigenvalue weighted by molar-refractivity contribution is 0.0941. The quantitative estimate of drug-likeness (QED) is 0.859. The van der Waals surface area contributed by atoms with Crippen LogP contribution < -0.4 is 5.32 Å². The normalized spacial score (nSPS) is 27.7. The fraction of sp³-hybridized carbons (Fsp3) is 0.800. The first-order chi connectivity index (χ1) is 9.10. The Bertz CT molecular complexity index is 416. The van der Waals surface area contributed by atoms with Gasteiger partial charge in [-0.15, -0.1) is 0 Å². The Kier molecular flexibility index (Phi) is 4.63. The van der Waals surface area contributed by atoms with Crippen LogP contribution in [0.1, 0.15) is 56.5 Å². The second-order valence-corrected chi connectivity index (χ2v) is 5.99. The van der Waals surface area contributed by atoms with E-state index in [-0.39, 0.29) is 12.1 Å². The number of aryl methyl sites for hydroxylation is 2. The molecule has 2 N–H and O–H groups in total. The molecular weight excluding hydrogens is 238 g/mol. The highest BCUT2D eigenvalue weighted by Crippen LogP contribution is 2.35. The zero-order valence-electron chi connectivity index (χ0n) is 12.4. The summed E-state index contributed by atoms with van der Waals surface area (Å²) in [6.45, 7) is 7.53. The standard InChI is InChI=1S/C15H27N3O/c1-4-8-16-15(11-19)7-5-6-14(10-15)18-13(3)9-12(2)17-18/h9,14,16,19H,4-8,10-11H2,1-3H3. The fourth-order valence-electron chi connectivity index (χ4n) is 3.31. The number of aromatic nitrogens is 2. The van der Waals surface area contributed by atoms with E-state index in [1.54, 1.807) is 0 Å². The second kappa shape index (κ2) is 6.06. The van der Waals surface area contributed by atoms with Crippen LogP contribution in [0, 0.1) is 13.8 Å². The van der Waals surface area contributed by atoms with Gasteiger partial charge in [-0.25, -0.2) is 0 Å². The summed E-state index contributed by atoms with van der Waals surface area (Å²) in [7, 11) is 0. The molecule has 1 aliphatic rings. The summed E-state index contributed by atoms with van der Waals surface area (Å²) < 4.78 is 2.16. The van der Waals surface area contributed by atoms with Gasteiger partial charge in [0, 0.05) is 11.2 Å². The molecule has 2 rings (SSSR count). The van der Waals surface area contributed by atoms with Crippen LogP contribution in [0.4, 0.5) is 0 Å². The summed E-state index contributed by atoms with van der Waals surface area (Å²) in [5, 5.41) is 18.0. The SMILES string of the molecule is CCCNC1(CO)CCCC(n2nc(C)cc2C)C1. The van der Waals surface area contributed by atoms with E-state index in [2.05, 4.69) is 35.0 Å². The minimum Gasteiger partial charge on any atom is -0.394 e. The van der Waals surface area contributed by atoms with E-state index in [0.717, 1.165) is 44.3 Å². The zero-order chi connectivity index (χ0) is 13.9. The van der Waals surface area contributed by atoms with Crippen LogP contribution in [0.25, 0.3) is 0 Å². The lowest BCUT2D eigenvalue weighted by atomic mass is 9.79. The van der Waals surface area contributed by atoms with Crippen molar-refractivity contribution in [3.8, 4) is 0 Å². The molecular formula is C15H27N3O. The monoisotopic (exact) mass is 265 g/mol. The van der Waals surface area contributed by atoms with Crippen LogP contribution >= 0.6 is 0 Å². The van der Waals surface area contributed by atoms with Crippen LogP contribution in [-0.2, 0) is 0 Å². The topological polar surface area (TPSA) is 50.1 Å². The molecule has 1 saturated carbocycles. The Morgan fingerprint density at radius 2 is 2.32 bits per heavy atom. The maximum absolute atomic E-state index is 9.82. The zero-order valence-corrected chi connectivity index (χ0v) is 12.4. The minimum atomic E-state index is -0.106. The summed E-state index contributed by atoms with van der Waals surface area (Å²) in [6.07, 6.45) is 5.47. The van der Waals surface area contributed by atoms with Gasteiger partial charge in [0.05, 0.1) is 18.3 Å². The van der Waals surface area contributed by atoms with Crippen LogP contribution in [0.2, 0.25) is 0 Å². The summed E-state index contributed by atoms with van der Waals surface area (Å²) in [5.74, 6) is 0. The molecule has 4 nitrogen and oxygen atoms in total. The predicted octanol–water partition coefficient (Wildman–Crippen LogP) is 2.35. The maximum Gasteiger partial charge on any atom is 0.0614 e. The summed E-state index contributed by atoms with van der Waals surface area (Å²) in [4.78, 5) is 0. The van der Waals surface area contributed by atoms with Crippen LogP contribution in [0.3, 0.4) is 0 Å². The summed E-state index contributed by atoms with van der Waals surface area (Å²) in [5.41, 5.74) is 2.21. The second-order valence-electron chi connectivity index (χ2n) is 5.99. The van der Waals surface area contributed by atoms with E-state index in [9.17, 15) is 5.11 Å². The van der Waals surface area contributed by atoms with Gasteiger partial charge in [0.1, 0.15) is 0 Å². The molecule has 1 heterocycles. The van der Waals surface area contributed by atoms with E-state index >= 15 is 0 Å². The largest absolute Gasteiger partial charge is 0.394 e. The molecule has 1 aromatic rings. The number of hydrogen-bond donors (Lipinski definition) is 2. The number of nitrogens with one attached hydrogen (secondary N) is 1. The van der Waals surface area contributed by atoms with E-state index in [1.165, 1.54) is 5.69 Å². The lowest BCUT2D eigenvalue weighted by Crippen LogP contribution is -2.52. The average Bonchev–Trinajstić information content (AvgIpc) is 2.76. The predicted molar refractivity (Wildman–Crippen MR) is 77.3 cm³/mol. The number of hydrogen-bond acceptors (Lipinski definition) is 3. The van der Waals surface area contributed by atoms with Crippen molar-refractivity contribution in [3.63, 3.8) is 0 Å². The molecule has 4 heteroatoms. The Morgan fingerprint density at radius 1 is 1.53 bits per heavy atom. The first-order valence-electron chi connectivity index (χ1n) is 7.49. The van der Waals surface area contributed by atoms with Crippen molar-refractivity contribution in [1.82, 2.24) is 15.1 Å². The number of rotatable bonds is 5. The van der Waals surface area contributed by atoms with E-state index in [4.69, 9.17) is 0 Å². The maximum atomic E-state index is 9.82. The molecule has 0 saturated heterocycles. The van der Waals surface area contributed by atoms with Gasteiger partial charge in [-0.1, -0.05) is 6.92 Å². The van der Waals surface area contributed by atoms with Gasteiger partial charge in [-0.05, 0) is 58.6 Å². The average molecular weight is 265 g/mol. The lowest BCUT2D eigenvalue weighted by Gasteiger charge is -2.41. The van der Waals surface area contributed by atoms with Gasteiger partial charge in [0.25, 0.3) is 0 Å². The number of aliphatic hydroxyl groups excluding tert-OH is 1. The van der Waals surface area contributed by atoms with Crippen molar-refractivity contribution < 1.29 is 5.11 Å². The Balaban J connectivity index is 2.13. The van der Waals surface area contributed by atoms with Crippen molar-refractivity contribution in [1.29, 1.82) is 0 Å². The van der Waals surface area contributed by atoms with Crippen LogP contribution in [0.15, 0.2) is 6.07 Å². The Morgan fingerprint density at radius 3 is 2.89 bits per heavy atom. The molecule has 19 heavy (non-hydrogen) atoms. The fourth-order valence-corrected chi connectivity index (χ4v) is 3.31. The molecule has 2 atom stereocenters. The molecule has 0 aliphatic heterocycles. The van der Waals surface area contributed by atoms with E-state index < -0.39 is 0 Å². The van der Waals surface area contributed by atoms with Crippen LogP contribution in [-0.4, -0.2) is 33.6 Å². The van der Waals surface area contributed by atoms with E-state index in [1.807, 2.05) is 6.92 Å². The van der Waals surface area contributed by atoms with Gasteiger partial charge < -0.3 is 10.4 Å². The molecule has 0 spiro atoms. The van der Waals surface area contributed by atoms with Crippen LogP contribution in [0.5, 0.6) is 0 Å². The minimum absolute atomic E-state index is 0.106. The molecule has 0 bridgehead atoms. The molecule has 2 unspecified atom stereocenters. The highest BCUT2D eigenvalue weighted by molar-refractivity contribution is 5.09. The van der Waals surface area contributed by atoms with Gasteiger partial charge in [-0.3, -0.25) is 4.68 Å². The third-order valence-corrected chi connectivity index (χ3v) is 4.26. The Labute approximate surface area is 116 Å². The van der Waals surface area contributed by atoms with Crippen molar-refractivity contribution in [2.75, 3.05) is 13.2 Å². The third-order valence-electron chi connectivity index (χ3n) is 4.26. The van der Waals surface area contributed by atoms with Crippen molar-refractivity contribution in [2.45, 2.75) is 64.5 Å². The number of aliphatic hydroxyl groups is 1. The van der Waals surface area contributed by atoms with Gasteiger partial charge >= 0.3 is 0 Å². The molecule has 1 aromatic heterocycles. The van der Waals surface area contributed by atoms with Crippen molar-refractivity contribution >= 4 is 0 Å². The molecule has 1 aliphatic carbocycles. The Hall–Kier alpha value is -0.870. The highest BCUT2D eigenvalue weighted by Gasteiger charge is 2.36. The smallest absolute Gasteiger partial charge is 0.0614 e. The van der Waals surface area contributed by atoms with E-state index in [0.29, 0.717) is 6.04 Å².